The van der Waals surface area contributed by atoms with Crippen LogP contribution in [0.3, 0.4) is 0 Å². The van der Waals surface area contributed by atoms with Gasteiger partial charge in [0.1, 0.15) is 5.75 Å². The molecule has 3 aliphatic carbocycles. The topological polar surface area (TPSA) is 128 Å². The Morgan fingerprint density at radius 1 is 0.889 bits per heavy atom. The van der Waals surface area contributed by atoms with E-state index in [2.05, 4.69) is 97.4 Å². The third-order valence-electron chi connectivity index (χ3n) is 10.2. The number of carbonyl (C=O) groups excluding carboxylic acids is 4. The van der Waals surface area contributed by atoms with Crippen molar-refractivity contribution >= 4 is 35.4 Å². The molecule has 0 spiro atoms. The molecule has 5 atom stereocenters. The van der Waals surface area contributed by atoms with Crippen LogP contribution >= 0.6 is 11.8 Å². The summed E-state index contributed by atoms with van der Waals surface area (Å²) in [4.78, 5) is 54.4. The van der Waals surface area contributed by atoms with Crippen LogP contribution in [0.5, 0.6) is 5.75 Å². The third kappa shape index (κ3) is 6.64. The number of thioether (sulfide) groups is 1. The SMILES string of the molecule is CC1(C)CC(NC(=O)C(=O)NN2C(=O)C3C4CCC(C(Sc5cc(C(C)(C)C)c(O)c(C(C)(C)C)c5)C4)C3C2=O)CC(C)(C)N1. The van der Waals surface area contributed by atoms with Gasteiger partial charge in [-0.1, -0.05) is 41.5 Å². The molecule has 248 valence electrons. The van der Waals surface area contributed by atoms with Crippen LogP contribution in [0.15, 0.2) is 17.0 Å². The zero-order valence-electron chi connectivity index (χ0n) is 28.6. The number of imide groups is 1. The number of rotatable bonds is 4. The Balaban J connectivity index is 1.31. The lowest BCUT2D eigenvalue weighted by Gasteiger charge is -2.47. The Morgan fingerprint density at radius 3 is 1.96 bits per heavy atom. The standard InChI is InChI=1S/C35H52N4O5S/c1-32(2,3)22-14-20(15-23(27(22)40)33(4,5)6)45-24-13-18-11-12-21(24)26-25(18)30(43)39(31(26)44)37-29(42)28(41)36-19-16-34(7,8)38-35(9,10)17-19/h14-15,18-19,21,24-26,38,40H,11-13,16-17H2,1-10H3,(H,36,41)(H,37,42). The molecule has 3 saturated carbocycles. The van der Waals surface area contributed by atoms with Crippen molar-refractivity contribution < 1.29 is 24.3 Å². The molecule has 1 aromatic carbocycles. The number of nitrogens with one attached hydrogen (secondary N) is 3. The molecule has 1 aromatic rings. The van der Waals surface area contributed by atoms with Crippen molar-refractivity contribution in [2.45, 2.75) is 139 Å². The molecule has 2 heterocycles. The second-order valence-electron chi connectivity index (χ2n) is 17.2. The molecule has 5 unspecified atom stereocenters. The van der Waals surface area contributed by atoms with Gasteiger partial charge in [-0.15, -0.1) is 11.8 Å². The molecule has 2 bridgehead atoms. The summed E-state index contributed by atoms with van der Waals surface area (Å²) in [6, 6.07) is 3.94. The van der Waals surface area contributed by atoms with E-state index in [-0.39, 0.29) is 45.0 Å². The fourth-order valence-electron chi connectivity index (χ4n) is 8.65. The Bertz CT molecular complexity index is 1360. The van der Waals surface area contributed by atoms with Crippen LogP contribution in [0, 0.1) is 23.7 Å². The quantitative estimate of drug-likeness (QED) is 0.271. The van der Waals surface area contributed by atoms with E-state index < -0.39 is 35.5 Å². The maximum absolute atomic E-state index is 13.8. The number of hydrogen-bond acceptors (Lipinski definition) is 7. The van der Waals surface area contributed by atoms with Crippen molar-refractivity contribution in [1.29, 1.82) is 0 Å². The minimum absolute atomic E-state index is 0.0265. The summed E-state index contributed by atoms with van der Waals surface area (Å²) in [6.45, 7) is 20.8. The number of phenolic OH excluding ortho intramolecular Hbond substituents is 1. The molecule has 4 N–H and O–H groups in total. The predicted octanol–water partition coefficient (Wildman–Crippen LogP) is 4.94. The number of piperidine rings is 1. The van der Waals surface area contributed by atoms with Crippen molar-refractivity contribution in [1.82, 2.24) is 21.1 Å². The van der Waals surface area contributed by atoms with Gasteiger partial charge in [0.05, 0.1) is 11.8 Å². The van der Waals surface area contributed by atoms with Crippen LogP contribution < -0.4 is 16.1 Å². The van der Waals surface area contributed by atoms with Crippen LogP contribution in [0.4, 0.5) is 0 Å². The van der Waals surface area contributed by atoms with Gasteiger partial charge in [0, 0.05) is 38.4 Å². The minimum Gasteiger partial charge on any atom is -0.507 e. The average molecular weight is 641 g/mol. The molecule has 0 aromatic heterocycles. The van der Waals surface area contributed by atoms with Crippen LogP contribution in [0.25, 0.3) is 0 Å². The van der Waals surface area contributed by atoms with Gasteiger partial charge in [-0.05, 0) is 94.6 Å². The third-order valence-corrected chi connectivity index (χ3v) is 11.5. The second kappa shape index (κ2) is 11.3. The minimum atomic E-state index is -0.990. The summed E-state index contributed by atoms with van der Waals surface area (Å²) in [7, 11) is 0. The first-order chi connectivity index (χ1) is 20.6. The molecule has 45 heavy (non-hydrogen) atoms. The summed E-state index contributed by atoms with van der Waals surface area (Å²) in [6.07, 6.45) is 3.80. The highest BCUT2D eigenvalue weighted by molar-refractivity contribution is 8.00. The highest BCUT2D eigenvalue weighted by Crippen LogP contribution is 2.57. The van der Waals surface area contributed by atoms with Gasteiger partial charge < -0.3 is 15.7 Å². The van der Waals surface area contributed by atoms with Crippen LogP contribution in [-0.2, 0) is 30.0 Å². The average Bonchev–Trinajstić information content (AvgIpc) is 3.13. The molecule has 9 nitrogen and oxygen atoms in total. The first-order valence-electron chi connectivity index (χ1n) is 16.4. The molecular formula is C35H52N4O5S. The van der Waals surface area contributed by atoms with E-state index in [0.29, 0.717) is 18.6 Å². The molecule has 10 heteroatoms. The molecular weight excluding hydrogens is 588 g/mol. The number of fused-ring (bicyclic) bond motifs is 2. The van der Waals surface area contributed by atoms with Crippen molar-refractivity contribution in [2.75, 3.05) is 0 Å². The molecule has 5 fully saturated rings. The lowest BCUT2D eigenvalue weighted by Crippen LogP contribution is -2.63. The van der Waals surface area contributed by atoms with Crippen LogP contribution in [0.2, 0.25) is 0 Å². The number of aromatic hydroxyl groups is 1. The molecule has 2 aliphatic heterocycles. The van der Waals surface area contributed by atoms with Gasteiger partial charge in [0.2, 0.25) is 0 Å². The highest BCUT2D eigenvalue weighted by Gasteiger charge is 2.61. The number of carbonyl (C=O) groups is 4. The number of hydrazine groups is 1. The summed E-state index contributed by atoms with van der Waals surface area (Å²) in [5, 5.41) is 18.5. The highest BCUT2D eigenvalue weighted by atomic mass is 32.2. The Labute approximate surface area is 272 Å². The monoisotopic (exact) mass is 640 g/mol. The van der Waals surface area contributed by atoms with Crippen molar-refractivity contribution in [3.8, 4) is 5.75 Å². The number of nitrogens with zero attached hydrogens (tertiary/aromatic N) is 1. The van der Waals surface area contributed by atoms with Gasteiger partial charge in [-0.25, -0.2) is 5.43 Å². The van der Waals surface area contributed by atoms with Crippen molar-refractivity contribution in [3.63, 3.8) is 0 Å². The van der Waals surface area contributed by atoms with E-state index in [1.807, 2.05) is 0 Å². The van der Waals surface area contributed by atoms with Gasteiger partial charge in [0.15, 0.2) is 0 Å². The van der Waals surface area contributed by atoms with Crippen LogP contribution in [-0.4, -0.2) is 56.1 Å². The molecule has 5 aliphatic rings. The fourth-order valence-corrected chi connectivity index (χ4v) is 10.2. The summed E-state index contributed by atoms with van der Waals surface area (Å²) in [5.41, 5.74) is 3.23. The molecule has 6 rings (SSSR count). The zero-order chi connectivity index (χ0) is 33.4. The zero-order valence-corrected chi connectivity index (χ0v) is 29.4. The van der Waals surface area contributed by atoms with Crippen molar-refractivity contribution in [3.05, 3.63) is 23.3 Å². The summed E-state index contributed by atoms with van der Waals surface area (Å²) >= 11 is 1.74. The maximum Gasteiger partial charge on any atom is 0.328 e. The predicted molar refractivity (Wildman–Crippen MR) is 175 cm³/mol. The van der Waals surface area contributed by atoms with E-state index in [4.69, 9.17) is 0 Å². The Hall–Kier alpha value is -2.59. The first kappa shape index (κ1) is 33.8. The van der Waals surface area contributed by atoms with E-state index in [0.717, 1.165) is 40.3 Å². The maximum atomic E-state index is 13.8. The molecule has 4 amide bonds. The lowest BCUT2D eigenvalue weighted by molar-refractivity contribution is -0.152. The van der Waals surface area contributed by atoms with E-state index in [1.54, 1.807) is 11.8 Å². The van der Waals surface area contributed by atoms with Crippen molar-refractivity contribution in [2.24, 2.45) is 23.7 Å². The Morgan fingerprint density at radius 2 is 1.42 bits per heavy atom. The fraction of sp³-hybridized carbons (Fsp3) is 0.714. The Kier molecular flexibility index (Phi) is 8.47. The lowest BCUT2D eigenvalue weighted by atomic mass is 9.59. The number of benzene rings is 1. The largest absolute Gasteiger partial charge is 0.507 e. The second-order valence-corrected chi connectivity index (χ2v) is 18.5. The van der Waals surface area contributed by atoms with Gasteiger partial charge >= 0.3 is 11.8 Å². The van der Waals surface area contributed by atoms with Gasteiger partial charge in [0.25, 0.3) is 11.8 Å². The van der Waals surface area contributed by atoms with Gasteiger partial charge in [-0.3, -0.25) is 19.2 Å². The smallest absolute Gasteiger partial charge is 0.328 e. The van der Waals surface area contributed by atoms with Crippen LogP contribution in [0.1, 0.15) is 112 Å². The summed E-state index contributed by atoms with van der Waals surface area (Å²) in [5.74, 6) is -3.28. The molecule has 0 radical (unpaired) electrons. The van der Waals surface area contributed by atoms with E-state index >= 15 is 0 Å². The number of hydrogen-bond donors (Lipinski definition) is 4. The first-order valence-corrected chi connectivity index (χ1v) is 17.3. The number of phenols is 1. The number of amides is 4. The van der Waals surface area contributed by atoms with Gasteiger partial charge in [-0.2, -0.15) is 5.01 Å². The normalized spacial score (nSPS) is 29.5. The summed E-state index contributed by atoms with van der Waals surface area (Å²) < 4.78 is 0. The molecule has 2 saturated heterocycles. The van der Waals surface area contributed by atoms with E-state index in [9.17, 15) is 24.3 Å². The van der Waals surface area contributed by atoms with E-state index in [1.165, 1.54) is 0 Å².